The molecule has 1 fully saturated rings. The fraction of sp³-hybridized carbons (Fsp3) is 0.581. The normalized spacial score (nSPS) is 20.6. The molecule has 73 heavy (non-hydrogen) atoms. The Balaban J connectivity index is 2.79. The molecule has 8 unspecified atom stereocenters. The molecule has 1 rings (SSSR count). The Labute approximate surface area is 441 Å². The summed E-state index contributed by atoms with van der Waals surface area (Å²) in [5.74, 6) is -1.34. The highest BCUT2D eigenvalue weighted by atomic mass is 16.7. The number of hydrogen-bond acceptors (Lipinski definition) is 10. The van der Waals surface area contributed by atoms with Crippen LogP contribution >= 0.6 is 0 Å². The number of aliphatic hydroxyl groups is 5. The summed E-state index contributed by atoms with van der Waals surface area (Å²) in [7, 11) is 0. The summed E-state index contributed by atoms with van der Waals surface area (Å²) < 4.78 is 17.5. The number of rotatable bonds is 43. The Morgan fingerprint density at radius 2 is 1.05 bits per heavy atom. The van der Waals surface area contributed by atoms with Crippen molar-refractivity contribution in [3.63, 3.8) is 0 Å². The molecule has 1 heterocycles. The van der Waals surface area contributed by atoms with Gasteiger partial charge in [-0.2, -0.15) is 0 Å². The summed E-state index contributed by atoms with van der Waals surface area (Å²) in [5, 5.41) is 56.6. The average molecular weight is 1020 g/mol. The van der Waals surface area contributed by atoms with E-state index >= 15 is 0 Å². The van der Waals surface area contributed by atoms with Crippen molar-refractivity contribution in [2.75, 3.05) is 13.2 Å². The molecule has 1 saturated heterocycles. The highest BCUT2D eigenvalue weighted by Gasteiger charge is 2.47. The van der Waals surface area contributed by atoms with Crippen LogP contribution in [0.3, 0.4) is 0 Å². The number of carbonyl (C=O) groups is 2. The Hall–Kier alpha value is -4.46. The third kappa shape index (κ3) is 37.0. The van der Waals surface area contributed by atoms with Crippen LogP contribution in [0.5, 0.6) is 0 Å². The van der Waals surface area contributed by atoms with Gasteiger partial charge < -0.3 is 45.1 Å². The number of amides is 1. The molecule has 8 atom stereocenters. The molecule has 0 radical (unpaired) electrons. The molecule has 11 nitrogen and oxygen atoms in total. The third-order valence-corrected chi connectivity index (χ3v) is 11.9. The van der Waals surface area contributed by atoms with E-state index in [1.54, 1.807) is 6.08 Å². The van der Waals surface area contributed by atoms with Crippen molar-refractivity contribution in [1.29, 1.82) is 0 Å². The Kier molecular flexibility index (Phi) is 44.2. The highest BCUT2D eigenvalue weighted by Crippen LogP contribution is 2.26. The quantitative estimate of drug-likeness (QED) is 0.0149. The molecule has 0 saturated carbocycles. The number of aliphatic hydroxyl groups excluding tert-OH is 5. The second kappa shape index (κ2) is 48.5. The predicted molar refractivity (Wildman–Crippen MR) is 300 cm³/mol. The summed E-state index contributed by atoms with van der Waals surface area (Å²) >= 11 is 0. The van der Waals surface area contributed by atoms with Crippen molar-refractivity contribution >= 4 is 11.9 Å². The molecule has 11 heteroatoms. The minimum atomic E-state index is -1.65. The van der Waals surface area contributed by atoms with Crippen molar-refractivity contribution in [2.45, 2.75) is 217 Å². The van der Waals surface area contributed by atoms with Gasteiger partial charge in [0.2, 0.25) is 5.91 Å². The Morgan fingerprint density at radius 1 is 0.562 bits per heavy atom. The Bertz CT molecular complexity index is 1730. The standard InChI is InChI=1S/C62H97NO10/c1-4-7-10-13-16-19-22-24-25-26-27-28-29-30-31-32-35-38-41-44-47-50-57(67)73-60-59(69)58(68)56(51-64)72-62(60)71-52-53(54(65)48-45-42-39-36-33-21-18-15-12-9-6-3)63-61(70)55(66)49-46-43-40-37-34-23-20-17-14-11-8-5-2/h7-8,10-11,14,16-17,19-20,23-25,27-28,30-31,34-35,37-38,40,43,45,48,53-56,58-60,62,64-66,68-69H,4-6,9,12-13,15,18,21-22,26,29,32-33,36,39,41-42,44,46-47,49-52H2,1-3H3,(H,63,70)/b10-7-,11-8+,17-14+,19-16-,23-20-,25-24-,28-27-,31-30-,37-34-,38-35-,43-40+,48-45+. The van der Waals surface area contributed by atoms with E-state index in [2.05, 4.69) is 105 Å². The minimum absolute atomic E-state index is 0.0500. The van der Waals surface area contributed by atoms with E-state index in [0.717, 1.165) is 83.5 Å². The first-order valence-electron chi connectivity index (χ1n) is 27.7. The highest BCUT2D eigenvalue weighted by molar-refractivity contribution is 5.80. The van der Waals surface area contributed by atoms with Crippen LogP contribution < -0.4 is 5.32 Å². The maximum atomic E-state index is 13.3. The average Bonchev–Trinajstić information content (AvgIpc) is 3.39. The van der Waals surface area contributed by atoms with Gasteiger partial charge in [-0.25, -0.2) is 0 Å². The number of carbonyl (C=O) groups excluding carboxylic acids is 2. The molecule has 0 aromatic heterocycles. The van der Waals surface area contributed by atoms with Crippen molar-refractivity contribution in [3.8, 4) is 0 Å². The van der Waals surface area contributed by atoms with Crippen LogP contribution in [0.15, 0.2) is 146 Å². The van der Waals surface area contributed by atoms with Crippen LogP contribution in [0.4, 0.5) is 0 Å². The van der Waals surface area contributed by atoms with Gasteiger partial charge in [0.05, 0.1) is 25.4 Å². The van der Waals surface area contributed by atoms with E-state index in [-0.39, 0.29) is 19.4 Å². The van der Waals surface area contributed by atoms with E-state index in [1.807, 2.05) is 60.8 Å². The SMILES string of the molecule is CC/C=C\C/C=C\C/C=C\C/C=C\C/C=C\C/C=C\CCCCC(=O)OC1C(OCC(NC(=O)C(O)CC/C=C/C=C\C=C/C=C/C=C/CC)C(O)/C=C/CCCCCCCCCCC)OC(CO)C(O)C1O. The molecule has 0 bridgehead atoms. The molecule has 0 aromatic rings. The van der Waals surface area contributed by atoms with Gasteiger partial charge in [0.25, 0.3) is 0 Å². The van der Waals surface area contributed by atoms with E-state index in [0.29, 0.717) is 12.8 Å². The summed E-state index contributed by atoms with van der Waals surface area (Å²) in [6.45, 7) is 5.40. The number of hydrogen-bond donors (Lipinski definition) is 6. The molecule has 1 aliphatic heterocycles. The molecule has 6 N–H and O–H groups in total. The lowest BCUT2D eigenvalue weighted by Crippen LogP contribution is -2.61. The molecule has 1 amide bonds. The van der Waals surface area contributed by atoms with Crippen LogP contribution in [0.25, 0.3) is 0 Å². The van der Waals surface area contributed by atoms with Crippen LogP contribution in [0.2, 0.25) is 0 Å². The van der Waals surface area contributed by atoms with Gasteiger partial charge in [0.1, 0.15) is 24.4 Å². The van der Waals surface area contributed by atoms with Crippen molar-refractivity contribution in [3.05, 3.63) is 146 Å². The van der Waals surface area contributed by atoms with E-state index in [9.17, 15) is 35.1 Å². The third-order valence-electron chi connectivity index (χ3n) is 11.9. The summed E-state index contributed by atoms with van der Waals surface area (Å²) in [4.78, 5) is 26.4. The first-order valence-corrected chi connectivity index (χ1v) is 27.7. The van der Waals surface area contributed by atoms with Gasteiger partial charge in [-0.05, 0) is 89.9 Å². The number of esters is 1. The molecule has 410 valence electrons. The lowest BCUT2D eigenvalue weighted by atomic mass is 9.99. The second-order valence-electron chi connectivity index (χ2n) is 18.3. The van der Waals surface area contributed by atoms with Crippen molar-refractivity contribution < 1.29 is 49.3 Å². The number of allylic oxidation sites excluding steroid dienone is 23. The zero-order valence-corrected chi connectivity index (χ0v) is 44.9. The van der Waals surface area contributed by atoms with E-state index in [1.165, 1.54) is 38.5 Å². The first kappa shape index (κ1) is 66.6. The molecule has 0 aliphatic carbocycles. The van der Waals surface area contributed by atoms with Gasteiger partial charge in [0.15, 0.2) is 12.4 Å². The van der Waals surface area contributed by atoms with Crippen molar-refractivity contribution in [2.24, 2.45) is 0 Å². The van der Waals surface area contributed by atoms with Gasteiger partial charge in [0, 0.05) is 6.42 Å². The summed E-state index contributed by atoms with van der Waals surface area (Å²) in [5.41, 5.74) is 0. The molecular formula is C62H97NO10. The van der Waals surface area contributed by atoms with Gasteiger partial charge >= 0.3 is 5.97 Å². The molecular weight excluding hydrogens is 919 g/mol. The number of nitrogens with one attached hydrogen (secondary N) is 1. The van der Waals surface area contributed by atoms with E-state index in [4.69, 9.17) is 14.2 Å². The number of unbranched alkanes of at least 4 members (excludes halogenated alkanes) is 11. The van der Waals surface area contributed by atoms with Crippen LogP contribution in [0, 0.1) is 0 Å². The maximum absolute atomic E-state index is 13.3. The number of ether oxygens (including phenoxy) is 3. The smallest absolute Gasteiger partial charge is 0.306 e. The van der Waals surface area contributed by atoms with Crippen LogP contribution in [0.1, 0.15) is 168 Å². The predicted octanol–water partition coefficient (Wildman–Crippen LogP) is 12.3. The fourth-order valence-corrected chi connectivity index (χ4v) is 7.50. The van der Waals surface area contributed by atoms with Gasteiger partial charge in [-0.1, -0.05) is 218 Å². The molecule has 1 aliphatic rings. The maximum Gasteiger partial charge on any atom is 0.306 e. The first-order chi connectivity index (χ1) is 35.7. The minimum Gasteiger partial charge on any atom is -0.454 e. The van der Waals surface area contributed by atoms with Gasteiger partial charge in [-0.15, -0.1) is 0 Å². The van der Waals surface area contributed by atoms with Crippen LogP contribution in [-0.2, 0) is 23.8 Å². The fourth-order valence-electron chi connectivity index (χ4n) is 7.50. The lowest BCUT2D eigenvalue weighted by molar-refractivity contribution is -0.305. The van der Waals surface area contributed by atoms with E-state index < -0.39 is 67.4 Å². The summed E-state index contributed by atoms with van der Waals surface area (Å²) in [6.07, 6.45) is 59.1. The summed E-state index contributed by atoms with van der Waals surface area (Å²) in [6, 6.07) is -1.08. The Morgan fingerprint density at radius 3 is 1.62 bits per heavy atom. The molecule has 0 aromatic carbocycles. The van der Waals surface area contributed by atoms with Crippen molar-refractivity contribution in [1.82, 2.24) is 5.32 Å². The second-order valence-corrected chi connectivity index (χ2v) is 18.3. The van der Waals surface area contributed by atoms with Crippen LogP contribution in [-0.4, -0.2) is 99.6 Å². The lowest BCUT2D eigenvalue weighted by Gasteiger charge is -2.41. The largest absolute Gasteiger partial charge is 0.454 e. The monoisotopic (exact) mass is 1020 g/mol. The zero-order valence-electron chi connectivity index (χ0n) is 44.9. The van der Waals surface area contributed by atoms with Gasteiger partial charge in [-0.3, -0.25) is 9.59 Å². The topological polar surface area (TPSA) is 175 Å². The zero-order chi connectivity index (χ0) is 53.3. The molecule has 0 spiro atoms.